The number of rotatable bonds is 5. The minimum absolute atomic E-state index is 0.939. The van der Waals surface area contributed by atoms with Gasteiger partial charge in [-0.25, -0.2) is 9.97 Å². The normalized spacial score (nSPS) is 11.2. The number of nitrogens with zero attached hydrogens (tertiary/aromatic N) is 4. The molecule has 0 spiro atoms. The maximum atomic E-state index is 4.40. The highest BCUT2D eigenvalue weighted by molar-refractivity contribution is 9.11. The Kier molecular flexibility index (Phi) is 3.89. The summed E-state index contributed by atoms with van der Waals surface area (Å²) < 4.78 is 4.08. The second-order valence-electron chi connectivity index (χ2n) is 4.38. The topological polar surface area (TPSA) is 43.6 Å². The third kappa shape index (κ3) is 3.19. The first kappa shape index (κ1) is 12.7. The molecule has 3 rings (SSSR count). The molecule has 0 aliphatic heterocycles. The van der Waals surface area contributed by atoms with Crippen molar-refractivity contribution in [1.82, 2.24) is 19.7 Å². The van der Waals surface area contributed by atoms with E-state index in [0.29, 0.717) is 0 Å². The van der Waals surface area contributed by atoms with E-state index in [2.05, 4.69) is 49.2 Å². The highest BCUT2D eigenvalue weighted by Crippen LogP contribution is 2.27. The molecule has 0 unspecified atom stereocenters. The molecule has 0 radical (unpaired) electrons. The molecule has 19 heavy (non-hydrogen) atoms. The average Bonchev–Trinajstić information content (AvgIpc) is 3.02. The average molecular weight is 337 g/mol. The van der Waals surface area contributed by atoms with Crippen LogP contribution in [0.15, 0.2) is 34.8 Å². The number of hydrogen-bond donors (Lipinski definition) is 0. The number of aromatic nitrogens is 4. The lowest BCUT2D eigenvalue weighted by atomic mass is 10.1. The first-order valence-corrected chi connectivity index (χ1v) is 7.79. The third-order valence-electron chi connectivity index (χ3n) is 3.00. The first-order chi connectivity index (χ1) is 9.31. The van der Waals surface area contributed by atoms with E-state index in [0.717, 1.165) is 35.2 Å². The maximum absolute atomic E-state index is 4.40. The van der Waals surface area contributed by atoms with Crippen molar-refractivity contribution >= 4 is 37.5 Å². The predicted molar refractivity (Wildman–Crippen MR) is 80.3 cm³/mol. The predicted octanol–water partition coefficient (Wildman–Crippen LogP) is 3.67. The van der Waals surface area contributed by atoms with E-state index in [4.69, 9.17) is 0 Å². The van der Waals surface area contributed by atoms with Crippen LogP contribution in [0.25, 0.3) is 10.2 Å². The summed E-state index contributed by atoms with van der Waals surface area (Å²) in [6, 6.07) is 6.51. The maximum Gasteiger partial charge on any atom is 0.160 e. The summed E-state index contributed by atoms with van der Waals surface area (Å²) in [6.45, 7) is 0.939. The van der Waals surface area contributed by atoms with Crippen molar-refractivity contribution in [2.24, 2.45) is 0 Å². The molecule has 3 aromatic rings. The van der Waals surface area contributed by atoms with E-state index in [1.807, 2.05) is 4.68 Å². The molecule has 0 fully saturated rings. The van der Waals surface area contributed by atoms with Gasteiger partial charge in [0, 0.05) is 6.54 Å². The van der Waals surface area contributed by atoms with Crippen LogP contribution >= 0.6 is 27.3 Å². The van der Waals surface area contributed by atoms with Crippen molar-refractivity contribution < 1.29 is 0 Å². The van der Waals surface area contributed by atoms with Gasteiger partial charge in [0.1, 0.15) is 12.7 Å². The number of hydrogen-bond acceptors (Lipinski definition) is 4. The van der Waals surface area contributed by atoms with Gasteiger partial charge in [-0.15, -0.1) is 11.3 Å². The van der Waals surface area contributed by atoms with E-state index in [9.17, 15) is 0 Å². The zero-order valence-corrected chi connectivity index (χ0v) is 12.7. The van der Waals surface area contributed by atoms with Gasteiger partial charge in [0.15, 0.2) is 3.92 Å². The quantitative estimate of drug-likeness (QED) is 0.667. The number of fused-ring (bicyclic) bond motifs is 1. The molecule has 1 aromatic carbocycles. The molecule has 0 saturated heterocycles. The van der Waals surface area contributed by atoms with Crippen molar-refractivity contribution in [2.75, 3.05) is 0 Å². The summed E-state index contributed by atoms with van der Waals surface area (Å²) in [4.78, 5) is 8.34. The lowest BCUT2D eigenvalue weighted by molar-refractivity contribution is 0.556. The summed E-state index contributed by atoms with van der Waals surface area (Å²) >= 11 is 5.11. The molecular formula is C13H13BrN4S. The molecule has 6 heteroatoms. The van der Waals surface area contributed by atoms with Crippen LogP contribution in [0, 0.1) is 0 Å². The minimum atomic E-state index is 0.939. The van der Waals surface area contributed by atoms with Crippen molar-refractivity contribution in [2.45, 2.75) is 25.8 Å². The lowest BCUT2D eigenvalue weighted by Crippen LogP contribution is -1.98. The van der Waals surface area contributed by atoms with E-state index in [-0.39, 0.29) is 0 Å². The van der Waals surface area contributed by atoms with Crippen LogP contribution in [0.3, 0.4) is 0 Å². The third-order valence-corrected chi connectivity index (χ3v) is 4.47. The van der Waals surface area contributed by atoms with Crippen LogP contribution in [0.2, 0.25) is 0 Å². The smallest absolute Gasteiger partial charge is 0.160 e. The van der Waals surface area contributed by atoms with E-state index < -0.39 is 0 Å². The zero-order valence-electron chi connectivity index (χ0n) is 10.3. The Morgan fingerprint density at radius 1 is 1.26 bits per heavy atom. The molecule has 2 aromatic heterocycles. The molecule has 0 amide bonds. The summed E-state index contributed by atoms with van der Waals surface area (Å²) in [7, 11) is 0. The number of thiazole rings is 1. The molecule has 98 valence electrons. The minimum Gasteiger partial charge on any atom is -0.253 e. The van der Waals surface area contributed by atoms with Gasteiger partial charge in [0.05, 0.1) is 10.2 Å². The molecule has 0 atom stereocenters. The van der Waals surface area contributed by atoms with Gasteiger partial charge in [-0.2, -0.15) is 5.10 Å². The summed E-state index contributed by atoms with van der Waals surface area (Å²) in [6.07, 6.45) is 6.72. The van der Waals surface area contributed by atoms with Gasteiger partial charge in [-0.1, -0.05) is 6.07 Å². The Hall–Kier alpha value is -1.27. The van der Waals surface area contributed by atoms with Crippen molar-refractivity contribution in [3.63, 3.8) is 0 Å². The number of benzene rings is 1. The fourth-order valence-electron chi connectivity index (χ4n) is 2.05. The van der Waals surface area contributed by atoms with Gasteiger partial charge < -0.3 is 0 Å². The zero-order chi connectivity index (χ0) is 13.1. The molecule has 4 nitrogen and oxygen atoms in total. The first-order valence-electron chi connectivity index (χ1n) is 6.19. The van der Waals surface area contributed by atoms with Gasteiger partial charge in [0.2, 0.25) is 0 Å². The SMILES string of the molecule is Brc1nc2ccc(CCCCn3cncn3)cc2s1. The molecule has 0 saturated carbocycles. The summed E-state index contributed by atoms with van der Waals surface area (Å²) in [5.41, 5.74) is 2.45. The Morgan fingerprint density at radius 3 is 3.05 bits per heavy atom. The fourth-order valence-corrected chi connectivity index (χ4v) is 3.52. The standard InChI is InChI=1S/C13H13BrN4S/c14-13-17-11-5-4-10(7-12(11)19-13)3-1-2-6-18-9-15-8-16-18/h4-5,7-9H,1-3,6H2. The molecule has 0 aliphatic rings. The highest BCUT2D eigenvalue weighted by Gasteiger charge is 2.02. The van der Waals surface area contributed by atoms with E-state index in [1.165, 1.54) is 10.3 Å². The van der Waals surface area contributed by atoms with Gasteiger partial charge in [-0.05, 0) is 52.9 Å². The molecule has 0 N–H and O–H groups in total. The van der Waals surface area contributed by atoms with Crippen LogP contribution < -0.4 is 0 Å². The number of unbranched alkanes of at least 4 members (excludes halogenated alkanes) is 1. The lowest BCUT2D eigenvalue weighted by Gasteiger charge is -2.02. The van der Waals surface area contributed by atoms with Crippen molar-refractivity contribution in [3.05, 3.63) is 40.3 Å². The van der Waals surface area contributed by atoms with Crippen LogP contribution in [0.5, 0.6) is 0 Å². The van der Waals surface area contributed by atoms with Crippen LogP contribution in [-0.4, -0.2) is 19.7 Å². The monoisotopic (exact) mass is 336 g/mol. The molecule has 0 aliphatic carbocycles. The Labute approximate surface area is 123 Å². The second-order valence-corrected chi connectivity index (χ2v) is 6.69. The molecular weight excluding hydrogens is 324 g/mol. The van der Waals surface area contributed by atoms with E-state index >= 15 is 0 Å². The van der Waals surface area contributed by atoms with E-state index in [1.54, 1.807) is 24.0 Å². The number of aryl methyl sites for hydroxylation is 2. The van der Waals surface area contributed by atoms with Gasteiger partial charge in [0.25, 0.3) is 0 Å². The Balaban J connectivity index is 1.56. The summed E-state index contributed by atoms with van der Waals surface area (Å²) in [5.74, 6) is 0. The second kappa shape index (κ2) is 5.79. The van der Waals surface area contributed by atoms with Crippen molar-refractivity contribution in [1.29, 1.82) is 0 Å². The number of halogens is 1. The fraction of sp³-hybridized carbons (Fsp3) is 0.308. The molecule has 0 bridgehead atoms. The van der Waals surface area contributed by atoms with Gasteiger partial charge >= 0.3 is 0 Å². The van der Waals surface area contributed by atoms with Crippen LogP contribution in [-0.2, 0) is 13.0 Å². The molecule has 2 heterocycles. The Bertz CT molecular complexity index is 662. The van der Waals surface area contributed by atoms with Gasteiger partial charge in [-0.3, -0.25) is 4.68 Å². The Morgan fingerprint density at radius 2 is 2.21 bits per heavy atom. The van der Waals surface area contributed by atoms with Crippen LogP contribution in [0.1, 0.15) is 18.4 Å². The summed E-state index contributed by atoms with van der Waals surface area (Å²) in [5, 5.41) is 4.10. The van der Waals surface area contributed by atoms with Crippen LogP contribution in [0.4, 0.5) is 0 Å². The van der Waals surface area contributed by atoms with Crippen molar-refractivity contribution in [3.8, 4) is 0 Å². The largest absolute Gasteiger partial charge is 0.253 e. The highest BCUT2D eigenvalue weighted by atomic mass is 79.9.